The van der Waals surface area contributed by atoms with Crippen LogP contribution in [0.25, 0.3) is 0 Å². The molecule has 21 heavy (non-hydrogen) atoms. The maximum atomic E-state index is 11.5. The van der Waals surface area contributed by atoms with Gasteiger partial charge in [0.2, 0.25) is 0 Å². The summed E-state index contributed by atoms with van der Waals surface area (Å²) >= 11 is 0. The number of sulfone groups is 1. The Morgan fingerprint density at radius 3 is 2.52 bits per heavy atom. The van der Waals surface area contributed by atoms with Gasteiger partial charge in [-0.15, -0.1) is 0 Å². The lowest BCUT2D eigenvalue weighted by molar-refractivity contribution is -0.136. The van der Waals surface area contributed by atoms with Gasteiger partial charge in [0.1, 0.15) is 9.84 Å². The van der Waals surface area contributed by atoms with Gasteiger partial charge in [0.05, 0.1) is 23.5 Å². The number of hydrogen-bond donors (Lipinski definition) is 2. The molecule has 7 heteroatoms. The second-order valence-electron chi connectivity index (χ2n) is 4.78. The predicted molar refractivity (Wildman–Crippen MR) is 84.3 cm³/mol. The number of carboxylic acid groups (broad SMARTS) is 1. The largest absolute Gasteiger partial charge is 0.481 e. The van der Waals surface area contributed by atoms with Crippen molar-refractivity contribution in [2.24, 2.45) is 0 Å². The fraction of sp³-hybridized carbons (Fsp3) is 0.500. The van der Waals surface area contributed by atoms with Gasteiger partial charge in [-0.3, -0.25) is 4.79 Å². The van der Waals surface area contributed by atoms with Crippen molar-refractivity contribution < 1.29 is 18.3 Å². The van der Waals surface area contributed by atoms with E-state index < -0.39 is 15.8 Å². The number of carboxylic acids is 1. The first-order valence-corrected chi connectivity index (χ1v) is 8.69. The van der Waals surface area contributed by atoms with E-state index in [1.807, 2.05) is 17.0 Å². The molecule has 1 aromatic carbocycles. The standard InChI is InChI=1S/C14H22N2O4S/c1-2-21(19,20)11-5-9-16(10-8-14(17)18)13-7-4-3-6-12(13)15/h3-4,6-7H,2,5,8-11,15H2,1H3,(H,17,18). The van der Waals surface area contributed by atoms with Gasteiger partial charge >= 0.3 is 5.97 Å². The molecule has 0 saturated carbocycles. The van der Waals surface area contributed by atoms with E-state index in [-0.39, 0.29) is 17.9 Å². The molecule has 0 aliphatic heterocycles. The average molecular weight is 314 g/mol. The minimum atomic E-state index is -3.01. The van der Waals surface area contributed by atoms with Gasteiger partial charge in [0.25, 0.3) is 0 Å². The summed E-state index contributed by atoms with van der Waals surface area (Å²) in [5.41, 5.74) is 7.20. The van der Waals surface area contributed by atoms with Crippen molar-refractivity contribution in [3.05, 3.63) is 24.3 Å². The van der Waals surface area contributed by atoms with Gasteiger partial charge in [0.15, 0.2) is 0 Å². The maximum absolute atomic E-state index is 11.5. The van der Waals surface area contributed by atoms with E-state index in [1.54, 1.807) is 19.1 Å². The quantitative estimate of drug-likeness (QED) is 0.668. The molecule has 0 aromatic heterocycles. The van der Waals surface area contributed by atoms with Crippen molar-refractivity contribution in [2.75, 3.05) is 35.2 Å². The number of rotatable bonds is 9. The van der Waals surface area contributed by atoms with Crippen LogP contribution in [0.15, 0.2) is 24.3 Å². The summed E-state index contributed by atoms with van der Waals surface area (Å²) in [7, 11) is -3.01. The first kappa shape index (κ1) is 17.3. The van der Waals surface area contributed by atoms with Crippen LogP contribution in [0, 0.1) is 0 Å². The molecular formula is C14H22N2O4S. The highest BCUT2D eigenvalue weighted by atomic mass is 32.2. The average Bonchev–Trinajstić information content (AvgIpc) is 2.43. The van der Waals surface area contributed by atoms with Crippen molar-refractivity contribution >= 4 is 27.2 Å². The molecule has 1 aromatic rings. The third-order valence-corrected chi connectivity index (χ3v) is 4.99. The van der Waals surface area contributed by atoms with Crippen molar-refractivity contribution in [1.29, 1.82) is 0 Å². The summed E-state index contributed by atoms with van der Waals surface area (Å²) in [6.07, 6.45) is 0.430. The molecule has 0 atom stereocenters. The van der Waals surface area contributed by atoms with E-state index in [9.17, 15) is 13.2 Å². The zero-order valence-corrected chi connectivity index (χ0v) is 13.0. The van der Waals surface area contributed by atoms with Crippen molar-refractivity contribution in [3.8, 4) is 0 Å². The van der Waals surface area contributed by atoms with Gasteiger partial charge in [-0.1, -0.05) is 19.1 Å². The number of benzene rings is 1. The molecule has 0 amide bonds. The highest BCUT2D eigenvalue weighted by molar-refractivity contribution is 7.91. The van der Waals surface area contributed by atoms with E-state index in [2.05, 4.69) is 0 Å². The zero-order valence-electron chi connectivity index (χ0n) is 12.2. The number of nitrogens with two attached hydrogens (primary N) is 1. The number of nitrogen functional groups attached to an aromatic ring is 1. The third kappa shape index (κ3) is 6.03. The zero-order chi connectivity index (χ0) is 15.9. The number of nitrogens with zero attached hydrogens (tertiary/aromatic N) is 1. The Morgan fingerprint density at radius 2 is 1.95 bits per heavy atom. The second kappa shape index (κ2) is 7.87. The molecule has 118 valence electrons. The van der Waals surface area contributed by atoms with Gasteiger partial charge in [-0.2, -0.15) is 0 Å². The maximum Gasteiger partial charge on any atom is 0.305 e. The summed E-state index contributed by atoms with van der Waals surface area (Å²) in [6.45, 7) is 2.38. The van der Waals surface area contributed by atoms with Gasteiger partial charge < -0.3 is 15.7 Å². The number of anilines is 2. The normalized spacial score (nSPS) is 11.3. The summed E-state index contributed by atoms with van der Waals surface area (Å²) < 4.78 is 23.0. The first-order valence-electron chi connectivity index (χ1n) is 6.87. The molecule has 0 aliphatic carbocycles. The van der Waals surface area contributed by atoms with Crippen LogP contribution in [0.4, 0.5) is 11.4 Å². The molecule has 0 fully saturated rings. The Balaban J connectivity index is 2.74. The molecule has 0 spiro atoms. The van der Waals surface area contributed by atoms with Crippen LogP contribution in [0.3, 0.4) is 0 Å². The molecule has 0 aliphatic rings. The fourth-order valence-electron chi connectivity index (χ4n) is 1.98. The molecule has 3 N–H and O–H groups in total. The summed E-state index contributed by atoms with van der Waals surface area (Å²) in [5, 5.41) is 8.82. The molecule has 0 radical (unpaired) electrons. The van der Waals surface area contributed by atoms with Gasteiger partial charge in [-0.05, 0) is 18.6 Å². The van der Waals surface area contributed by atoms with E-state index >= 15 is 0 Å². The Kier molecular flexibility index (Phi) is 6.48. The van der Waals surface area contributed by atoms with E-state index in [1.165, 1.54) is 0 Å². The summed E-state index contributed by atoms with van der Waals surface area (Å²) in [5.74, 6) is -0.675. The van der Waals surface area contributed by atoms with Crippen LogP contribution in [-0.4, -0.2) is 44.1 Å². The van der Waals surface area contributed by atoms with Crippen molar-refractivity contribution in [2.45, 2.75) is 19.8 Å². The third-order valence-electron chi connectivity index (χ3n) is 3.20. The SMILES string of the molecule is CCS(=O)(=O)CCCN(CCC(=O)O)c1ccccc1N. The topological polar surface area (TPSA) is 101 Å². The monoisotopic (exact) mass is 314 g/mol. The Labute approximate surface area is 125 Å². The highest BCUT2D eigenvalue weighted by Gasteiger charge is 2.13. The lowest BCUT2D eigenvalue weighted by Gasteiger charge is -2.25. The van der Waals surface area contributed by atoms with E-state index in [0.717, 1.165) is 5.69 Å². The van der Waals surface area contributed by atoms with Crippen LogP contribution in [-0.2, 0) is 14.6 Å². The van der Waals surface area contributed by atoms with Crippen LogP contribution < -0.4 is 10.6 Å². The number of aliphatic carboxylic acids is 1. The number of carbonyl (C=O) groups is 1. The van der Waals surface area contributed by atoms with Crippen molar-refractivity contribution in [3.63, 3.8) is 0 Å². The van der Waals surface area contributed by atoms with Crippen molar-refractivity contribution in [1.82, 2.24) is 0 Å². The fourth-order valence-corrected chi connectivity index (χ4v) is 2.84. The lowest BCUT2D eigenvalue weighted by Crippen LogP contribution is -2.29. The van der Waals surface area contributed by atoms with Crippen LogP contribution in [0.1, 0.15) is 19.8 Å². The summed E-state index contributed by atoms with van der Waals surface area (Å²) in [4.78, 5) is 12.6. The number of para-hydroxylation sites is 2. The predicted octanol–water partition coefficient (Wildman–Crippen LogP) is 1.37. The molecule has 1 rings (SSSR count). The van der Waals surface area contributed by atoms with E-state index in [4.69, 9.17) is 10.8 Å². The minimum absolute atomic E-state index is 0.0190. The Bertz CT molecular complexity index is 572. The molecule has 0 unspecified atom stereocenters. The Morgan fingerprint density at radius 1 is 1.29 bits per heavy atom. The molecular weight excluding hydrogens is 292 g/mol. The lowest BCUT2D eigenvalue weighted by atomic mass is 10.2. The van der Waals surface area contributed by atoms with E-state index in [0.29, 0.717) is 25.2 Å². The Hall–Kier alpha value is -1.76. The van der Waals surface area contributed by atoms with Gasteiger partial charge in [0, 0.05) is 18.8 Å². The minimum Gasteiger partial charge on any atom is -0.481 e. The van der Waals surface area contributed by atoms with Gasteiger partial charge in [-0.25, -0.2) is 8.42 Å². The second-order valence-corrected chi connectivity index (χ2v) is 7.25. The van der Waals surface area contributed by atoms with Crippen LogP contribution >= 0.6 is 0 Å². The molecule has 0 heterocycles. The smallest absolute Gasteiger partial charge is 0.305 e. The summed E-state index contributed by atoms with van der Waals surface area (Å²) in [6, 6.07) is 7.18. The molecule has 6 nitrogen and oxygen atoms in total. The first-order chi connectivity index (χ1) is 9.85. The molecule has 0 bridgehead atoms. The number of hydrogen-bond acceptors (Lipinski definition) is 5. The highest BCUT2D eigenvalue weighted by Crippen LogP contribution is 2.23. The van der Waals surface area contributed by atoms with Crippen LogP contribution in [0.5, 0.6) is 0 Å². The molecule has 0 saturated heterocycles. The van der Waals surface area contributed by atoms with Crippen LogP contribution in [0.2, 0.25) is 0 Å².